The van der Waals surface area contributed by atoms with E-state index in [9.17, 15) is 9.59 Å². The number of esters is 1. The number of alkyl carbamates (subject to hydrolysis) is 1. The number of ether oxygens (including phenoxy) is 5. The van der Waals surface area contributed by atoms with Crippen LogP contribution in [0.15, 0.2) is 24.3 Å². The monoisotopic (exact) mass is 481 g/mol. The lowest BCUT2D eigenvalue weighted by molar-refractivity contribution is -0.160. The zero-order valence-corrected chi connectivity index (χ0v) is 21.7. The van der Waals surface area contributed by atoms with E-state index in [1.807, 2.05) is 65.8 Å². The van der Waals surface area contributed by atoms with Gasteiger partial charge in [0.05, 0.1) is 6.61 Å². The van der Waals surface area contributed by atoms with Crippen molar-refractivity contribution < 1.29 is 33.3 Å². The third-order valence-corrected chi connectivity index (χ3v) is 4.18. The summed E-state index contributed by atoms with van der Waals surface area (Å²) in [6.45, 7) is 13.8. The second kappa shape index (κ2) is 15.6. The van der Waals surface area contributed by atoms with Gasteiger partial charge in [0.1, 0.15) is 23.6 Å². The van der Waals surface area contributed by atoms with Crippen LogP contribution in [0.3, 0.4) is 0 Å². The van der Waals surface area contributed by atoms with Crippen LogP contribution in [0, 0.1) is 0 Å². The van der Waals surface area contributed by atoms with Crippen molar-refractivity contribution in [3.8, 4) is 5.75 Å². The molecule has 0 aliphatic carbocycles. The molecule has 0 fully saturated rings. The zero-order valence-electron chi connectivity index (χ0n) is 21.7. The first kappa shape index (κ1) is 29.7. The topological polar surface area (TPSA) is 92.3 Å². The largest absolute Gasteiger partial charge is 0.494 e. The lowest BCUT2D eigenvalue weighted by Crippen LogP contribution is -2.32. The second-order valence-electron chi connectivity index (χ2n) is 10.0. The van der Waals surface area contributed by atoms with Gasteiger partial charge in [-0.3, -0.25) is 0 Å². The molecule has 0 aliphatic rings. The van der Waals surface area contributed by atoms with Crippen molar-refractivity contribution in [1.29, 1.82) is 0 Å². The van der Waals surface area contributed by atoms with Gasteiger partial charge in [0.2, 0.25) is 0 Å². The Hall–Kier alpha value is -2.32. The molecule has 0 saturated heterocycles. The van der Waals surface area contributed by atoms with Crippen molar-refractivity contribution in [3.05, 3.63) is 29.8 Å². The highest BCUT2D eigenvalue weighted by Crippen LogP contribution is 2.13. The first-order valence-electron chi connectivity index (χ1n) is 12.0. The third kappa shape index (κ3) is 17.2. The number of hydrogen-bond acceptors (Lipinski definition) is 7. The number of carbonyl (C=O) groups excluding carboxylic acids is 2. The van der Waals surface area contributed by atoms with Crippen molar-refractivity contribution in [1.82, 2.24) is 5.32 Å². The Balaban J connectivity index is 1.98. The Morgan fingerprint density at radius 3 is 1.97 bits per heavy atom. The summed E-state index contributed by atoms with van der Waals surface area (Å²) in [5, 5.41) is 2.74. The number of hydrogen-bond donors (Lipinski definition) is 1. The van der Waals surface area contributed by atoms with Gasteiger partial charge in [-0.15, -0.1) is 0 Å². The predicted octanol–water partition coefficient (Wildman–Crippen LogP) is 5.03. The molecule has 0 atom stereocenters. The minimum atomic E-state index is -0.507. The maximum absolute atomic E-state index is 11.7. The molecule has 1 aromatic rings. The highest BCUT2D eigenvalue weighted by molar-refractivity contribution is 5.71. The molecule has 34 heavy (non-hydrogen) atoms. The van der Waals surface area contributed by atoms with E-state index in [-0.39, 0.29) is 12.6 Å². The molecule has 8 nitrogen and oxygen atoms in total. The Bertz CT molecular complexity index is 705. The maximum atomic E-state index is 11.7. The van der Waals surface area contributed by atoms with Crippen molar-refractivity contribution in [2.75, 3.05) is 33.0 Å². The van der Waals surface area contributed by atoms with Crippen LogP contribution < -0.4 is 10.1 Å². The predicted molar refractivity (Wildman–Crippen MR) is 131 cm³/mol. The van der Waals surface area contributed by atoms with Crippen molar-refractivity contribution in [3.63, 3.8) is 0 Å². The Morgan fingerprint density at radius 2 is 1.32 bits per heavy atom. The second-order valence-corrected chi connectivity index (χ2v) is 10.0. The number of benzene rings is 1. The van der Waals surface area contributed by atoms with Crippen LogP contribution in [0.25, 0.3) is 0 Å². The van der Waals surface area contributed by atoms with E-state index in [0.29, 0.717) is 33.0 Å². The fraction of sp³-hybridized carbons (Fsp3) is 0.692. The SMILES string of the molecule is CC(C)(C)OC(=O)COCCCOCCCCCOc1ccc(CNC(=O)OC(C)(C)C)cc1. The van der Waals surface area contributed by atoms with E-state index in [2.05, 4.69) is 5.32 Å². The van der Waals surface area contributed by atoms with Crippen LogP contribution in [-0.2, 0) is 30.3 Å². The molecule has 0 aromatic heterocycles. The van der Waals surface area contributed by atoms with Gasteiger partial charge in [-0.25, -0.2) is 9.59 Å². The summed E-state index contributed by atoms with van der Waals surface area (Å²) < 4.78 is 27.0. The van der Waals surface area contributed by atoms with Crippen molar-refractivity contribution in [2.45, 2.75) is 85.0 Å². The average molecular weight is 482 g/mol. The highest BCUT2D eigenvalue weighted by atomic mass is 16.6. The molecule has 0 aliphatic heterocycles. The molecule has 194 valence electrons. The van der Waals surface area contributed by atoms with Gasteiger partial charge in [0, 0.05) is 26.4 Å². The molecular formula is C26H43NO7. The molecule has 0 bridgehead atoms. The van der Waals surface area contributed by atoms with Crippen LogP contribution in [-0.4, -0.2) is 56.3 Å². The number of unbranched alkanes of at least 4 members (excludes halogenated alkanes) is 2. The Kier molecular flexibility index (Phi) is 13.6. The molecule has 0 radical (unpaired) electrons. The zero-order chi connectivity index (χ0) is 25.5. The van der Waals surface area contributed by atoms with Crippen molar-refractivity contribution in [2.24, 2.45) is 0 Å². The summed E-state index contributed by atoms with van der Waals surface area (Å²) in [6.07, 6.45) is 3.26. The van der Waals surface area contributed by atoms with E-state index in [4.69, 9.17) is 23.7 Å². The molecule has 0 unspecified atom stereocenters. The van der Waals surface area contributed by atoms with E-state index < -0.39 is 17.3 Å². The van der Waals surface area contributed by atoms with Gasteiger partial charge in [0.25, 0.3) is 0 Å². The normalized spacial score (nSPS) is 11.7. The minimum Gasteiger partial charge on any atom is -0.494 e. The summed E-state index contributed by atoms with van der Waals surface area (Å²) in [7, 11) is 0. The highest BCUT2D eigenvalue weighted by Gasteiger charge is 2.16. The summed E-state index contributed by atoms with van der Waals surface area (Å²) in [5.41, 5.74) is -0.0139. The minimum absolute atomic E-state index is 0.0248. The fourth-order valence-electron chi connectivity index (χ4n) is 2.76. The third-order valence-electron chi connectivity index (χ3n) is 4.18. The standard InChI is InChI=1S/C26H43NO7/c1-25(2,3)33-23(28)20-31-17-10-16-30-15-8-7-9-18-32-22-13-11-21(12-14-22)19-27-24(29)34-26(4,5)6/h11-14H,7-10,15-20H2,1-6H3,(H,27,29). The molecule has 0 spiro atoms. The van der Waals surface area contributed by atoms with Gasteiger partial charge >= 0.3 is 12.1 Å². The summed E-state index contributed by atoms with van der Waals surface area (Å²) in [5.74, 6) is 0.463. The summed E-state index contributed by atoms with van der Waals surface area (Å²) in [4.78, 5) is 23.2. The van der Waals surface area contributed by atoms with E-state index in [1.54, 1.807) is 0 Å². The number of rotatable bonds is 15. The van der Waals surface area contributed by atoms with Gasteiger partial charge in [-0.1, -0.05) is 12.1 Å². The van der Waals surface area contributed by atoms with Gasteiger partial charge in [0.15, 0.2) is 0 Å². The maximum Gasteiger partial charge on any atom is 0.407 e. The lowest BCUT2D eigenvalue weighted by atomic mass is 10.2. The molecule has 0 heterocycles. The molecule has 0 saturated carbocycles. The van der Waals surface area contributed by atoms with Crippen LogP contribution in [0.5, 0.6) is 5.75 Å². The van der Waals surface area contributed by atoms with Gasteiger partial charge < -0.3 is 29.0 Å². The molecule has 1 rings (SSSR count). The van der Waals surface area contributed by atoms with E-state index in [1.165, 1.54) is 0 Å². The van der Waals surface area contributed by atoms with Crippen LogP contribution >= 0.6 is 0 Å². The fourth-order valence-corrected chi connectivity index (χ4v) is 2.76. The smallest absolute Gasteiger partial charge is 0.407 e. The Labute approximate surface area is 204 Å². The molecule has 8 heteroatoms. The quantitative estimate of drug-likeness (QED) is 0.278. The van der Waals surface area contributed by atoms with E-state index in [0.717, 1.165) is 37.0 Å². The number of amides is 1. The first-order chi connectivity index (χ1) is 15.9. The Morgan fingerprint density at radius 1 is 0.735 bits per heavy atom. The molecule has 1 N–H and O–H groups in total. The van der Waals surface area contributed by atoms with Crippen LogP contribution in [0.4, 0.5) is 4.79 Å². The summed E-state index contributed by atoms with van der Waals surface area (Å²) >= 11 is 0. The first-order valence-corrected chi connectivity index (χ1v) is 12.0. The summed E-state index contributed by atoms with van der Waals surface area (Å²) in [6, 6.07) is 7.66. The van der Waals surface area contributed by atoms with Gasteiger partial charge in [-0.2, -0.15) is 0 Å². The molecule has 1 aromatic carbocycles. The molecular weight excluding hydrogens is 438 g/mol. The van der Waals surface area contributed by atoms with Crippen LogP contribution in [0.2, 0.25) is 0 Å². The number of carbonyl (C=O) groups is 2. The van der Waals surface area contributed by atoms with Gasteiger partial charge in [-0.05, 0) is 84.9 Å². The van der Waals surface area contributed by atoms with Crippen molar-refractivity contribution >= 4 is 12.1 Å². The lowest BCUT2D eigenvalue weighted by Gasteiger charge is -2.19. The van der Waals surface area contributed by atoms with Crippen LogP contribution in [0.1, 0.15) is 72.8 Å². The van der Waals surface area contributed by atoms with E-state index >= 15 is 0 Å². The molecule has 1 amide bonds. The number of nitrogens with one attached hydrogen (secondary N) is 1. The average Bonchev–Trinajstić information content (AvgIpc) is 2.71.